The van der Waals surface area contributed by atoms with Crippen LogP contribution in [-0.2, 0) is 11.8 Å². The number of nitrogens with zero attached hydrogens (tertiary/aromatic N) is 4. The number of aromatic nitrogens is 3. The number of hydrogen-bond acceptors (Lipinski definition) is 3. The SMILES string of the molecule is Cn1cccc1C(=O)N1CCC[C@@H](C(=O)Nc2cccc(-n3cccn3)c2)C1. The third kappa shape index (κ3) is 3.69. The first kappa shape index (κ1) is 18.0. The van der Waals surface area contributed by atoms with Gasteiger partial charge in [-0.1, -0.05) is 6.07 Å². The maximum atomic E-state index is 12.8. The van der Waals surface area contributed by atoms with E-state index in [9.17, 15) is 9.59 Å². The molecular formula is C21H23N5O2. The molecule has 0 aliphatic carbocycles. The molecule has 0 unspecified atom stereocenters. The van der Waals surface area contributed by atoms with Gasteiger partial charge in [0.25, 0.3) is 5.91 Å². The van der Waals surface area contributed by atoms with Crippen LogP contribution < -0.4 is 5.32 Å². The zero-order valence-corrected chi connectivity index (χ0v) is 15.8. The van der Waals surface area contributed by atoms with E-state index >= 15 is 0 Å². The van der Waals surface area contributed by atoms with Gasteiger partial charge in [-0.2, -0.15) is 5.10 Å². The number of carbonyl (C=O) groups is 2. The van der Waals surface area contributed by atoms with Gasteiger partial charge in [-0.15, -0.1) is 0 Å². The fraction of sp³-hybridized carbons (Fsp3) is 0.286. The monoisotopic (exact) mass is 377 g/mol. The van der Waals surface area contributed by atoms with Gasteiger partial charge in [-0.25, -0.2) is 4.68 Å². The summed E-state index contributed by atoms with van der Waals surface area (Å²) in [6.07, 6.45) is 7.03. The Balaban J connectivity index is 1.43. The number of aryl methyl sites for hydroxylation is 1. The van der Waals surface area contributed by atoms with Crippen molar-refractivity contribution < 1.29 is 9.59 Å². The number of carbonyl (C=O) groups excluding carboxylic acids is 2. The van der Waals surface area contributed by atoms with Gasteiger partial charge in [0.15, 0.2) is 0 Å². The summed E-state index contributed by atoms with van der Waals surface area (Å²) in [5, 5.41) is 7.21. The second-order valence-corrected chi connectivity index (χ2v) is 7.08. The Kier molecular flexibility index (Phi) is 4.97. The third-order valence-corrected chi connectivity index (χ3v) is 5.12. The highest BCUT2D eigenvalue weighted by atomic mass is 16.2. The van der Waals surface area contributed by atoms with Crippen molar-refractivity contribution in [3.8, 4) is 5.69 Å². The van der Waals surface area contributed by atoms with Crippen molar-refractivity contribution in [3.63, 3.8) is 0 Å². The summed E-state index contributed by atoms with van der Waals surface area (Å²) in [7, 11) is 1.86. The Labute approximate surface area is 163 Å². The minimum Gasteiger partial charge on any atom is -0.347 e. The van der Waals surface area contributed by atoms with E-state index in [-0.39, 0.29) is 17.7 Å². The van der Waals surface area contributed by atoms with Crippen LogP contribution in [-0.4, -0.2) is 44.2 Å². The molecule has 1 atom stereocenters. The molecule has 28 heavy (non-hydrogen) atoms. The fourth-order valence-corrected chi connectivity index (χ4v) is 3.61. The summed E-state index contributed by atoms with van der Waals surface area (Å²) < 4.78 is 3.56. The lowest BCUT2D eigenvalue weighted by atomic mass is 9.96. The fourth-order valence-electron chi connectivity index (χ4n) is 3.61. The Morgan fingerprint density at radius 1 is 1.14 bits per heavy atom. The zero-order chi connectivity index (χ0) is 19.5. The molecule has 0 radical (unpaired) electrons. The van der Waals surface area contributed by atoms with Crippen LogP contribution in [0.15, 0.2) is 61.1 Å². The molecule has 1 aliphatic rings. The minimum absolute atomic E-state index is 0.0225. The maximum absolute atomic E-state index is 12.8. The number of nitrogens with one attached hydrogen (secondary N) is 1. The first-order chi connectivity index (χ1) is 13.6. The molecule has 3 aromatic rings. The normalized spacial score (nSPS) is 16.8. The van der Waals surface area contributed by atoms with Gasteiger partial charge in [0, 0.05) is 44.4 Å². The Morgan fingerprint density at radius 2 is 2.04 bits per heavy atom. The molecule has 4 rings (SSSR count). The lowest BCUT2D eigenvalue weighted by Gasteiger charge is -2.32. The zero-order valence-electron chi connectivity index (χ0n) is 15.8. The molecule has 2 aromatic heterocycles. The highest BCUT2D eigenvalue weighted by Gasteiger charge is 2.29. The number of rotatable bonds is 4. The number of likely N-dealkylation sites (tertiary alicyclic amines) is 1. The summed E-state index contributed by atoms with van der Waals surface area (Å²) in [6, 6.07) is 13.1. The van der Waals surface area contributed by atoms with Crippen LogP contribution in [0, 0.1) is 5.92 Å². The molecule has 1 saturated heterocycles. The summed E-state index contributed by atoms with van der Waals surface area (Å²) in [5.41, 5.74) is 2.25. The molecule has 0 saturated carbocycles. The molecule has 7 heteroatoms. The van der Waals surface area contributed by atoms with Gasteiger partial charge in [0.05, 0.1) is 11.6 Å². The average molecular weight is 377 g/mol. The molecule has 3 heterocycles. The summed E-state index contributed by atoms with van der Waals surface area (Å²) >= 11 is 0. The average Bonchev–Trinajstić information content (AvgIpc) is 3.39. The first-order valence-corrected chi connectivity index (χ1v) is 9.43. The quantitative estimate of drug-likeness (QED) is 0.760. The lowest BCUT2D eigenvalue weighted by Crippen LogP contribution is -2.44. The van der Waals surface area contributed by atoms with Gasteiger partial charge in [0.1, 0.15) is 5.69 Å². The predicted octanol–water partition coefficient (Wildman–Crippen LogP) is 2.70. The number of amides is 2. The van der Waals surface area contributed by atoms with Crippen molar-refractivity contribution in [1.29, 1.82) is 0 Å². The molecule has 0 spiro atoms. The van der Waals surface area contributed by atoms with E-state index in [0.717, 1.165) is 24.2 Å². The molecule has 144 valence electrons. The smallest absolute Gasteiger partial charge is 0.270 e. The van der Waals surface area contributed by atoms with Gasteiger partial charge in [-0.3, -0.25) is 9.59 Å². The molecule has 1 aliphatic heterocycles. The van der Waals surface area contributed by atoms with Crippen LogP contribution in [0.25, 0.3) is 5.69 Å². The molecular weight excluding hydrogens is 354 g/mol. The van der Waals surface area contributed by atoms with Crippen LogP contribution in [0.4, 0.5) is 5.69 Å². The van der Waals surface area contributed by atoms with Crippen LogP contribution >= 0.6 is 0 Å². The minimum atomic E-state index is -0.216. The van der Waals surface area contributed by atoms with Crippen molar-refractivity contribution in [1.82, 2.24) is 19.2 Å². The van der Waals surface area contributed by atoms with E-state index in [4.69, 9.17) is 0 Å². The van der Waals surface area contributed by atoms with E-state index < -0.39 is 0 Å². The second-order valence-electron chi connectivity index (χ2n) is 7.08. The van der Waals surface area contributed by atoms with Crippen LogP contribution in [0.5, 0.6) is 0 Å². The number of hydrogen-bond donors (Lipinski definition) is 1. The van der Waals surface area contributed by atoms with E-state index in [1.54, 1.807) is 15.8 Å². The lowest BCUT2D eigenvalue weighted by molar-refractivity contribution is -0.121. The topological polar surface area (TPSA) is 72.2 Å². The van der Waals surface area contributed by atoms with Crippen molar-refractivity contribution >= 4 is 17.5 Å². The van der Waals surface area contributed by atoms with E-state index in [0.29, 0.717) is 18.8 Å². The first-order valence-electron chi connectivity index (χ1n) is 9.43. The highest BCUT2D eigenvalue weighted by Crippen LogP contribution is 2.21. The largest absolute Gasteiger partial charge is 0.347 e. The predicted molar refractivity (Wildman–Crippen MR) is 106 cm³/mol. The molecule has 1 fully saturated rings. The molecule has 7 nitrogen and oxygen atoms in total. The van der Waals surface area contributed by atoms with Crippen LogP contribution in [0.1, 0.15) is 23.3 Å². The standard InChI is InChI=1S/C21H23N5O2/c1-24-11-4-9-19(24)21(28)25-12-3-6-16(15-25)20(27)23-17-7-2-8-18(14-17)26-13-5-10-22-26/h2,4-5,7-11,13-14,16H,3,6,12,15H2,1H3,(H,23,27)/t16-/m1/s1. The molecule has 2 amide bonds. The van der Waals surface area contributed by atoms with Crippen molar-refractivity contribution in [3.05, 3.63) is 66.7 Å². The van der Waals surface area contributed by atoms with Crippen molar-refractivity contribution in [2.75, 3.05) is 18.4 Å². The molecule has 1 N–H and O–H groups in total. The number of anilines is 1. The highest BCUT2D eigenvalue weighted by molar-refractivity contribution is 5.95. The molecule has 0 bridgehead atoms. The van der Waals surface area contributed by atoms with Gasteiger partial charge in [0.2, 0.25) is 5.91 Å². The maximum Gasteiger partial charge on any atom is 0.270 e. The van der Waals surface area contributed by atoms with Crippen molar-refractivity contribution in [2.24, 2.45) is 13.0 Å². The van der Waals surface area contributed by atoms with Crippen LogP contribution in [0.2, 0.25) is 0 Å². The Hall–Kier alpha value is -3.35. The van der Waals surface area contributed by atoms with E-state index in [1.807, 2.05) is 66.5 Å². The van der Waals surface area contributed by atoms with E-state index in [2.05, 4.69) is 10.4 Å². The summed E-state index contributed by atoms with van der Waals surface area (Å²) in [6.45, 7) is 1.12. The third-order valence-electron chi connectivity index (χ3n) is 5.12. The Morgan fingerprint density at radius 3 is 2.79 bits per heavy atom. The second kappa shape index (κ2) is 7.72. The summed E-state index contributed by atoms with van der Waals surface area (Å²) in [4.78, 5) is 27.3. The summed E-state index contributed by atoms with van der Waals surface area (Å²) in [5.74, 6) is -0.293. The van der Waals surface area contributed by atoms with Crippen LogP contribution in [0.3, 0.4) is 0 Å². The van der Waals surface area contributed by atoms with Gasteiger partial charge in [-0.05, 0) is 49.2 Å². The van der Waals surface area contributed by atoms with E-state index in [1.165, 1.54) is 0 Å². The Bertz CT molecular complexity index is 976. The van der Waals surface area contributed by atoms with Gasteiger partial charge >= 0.3 is 0 Å². The number of benzene rings is 1. The molecule has 1 aromatic carbocycles. The van der Waals surface area contributed by atoms with Gasteiger partial charge < -0.3 is 14.8 Å². The van der Waals surface area contributed by atoms with Crippen molar-refractivity contribution in [2.45, 2.75) is 12.8 Å². The number of piperidine rings is 1.